The molecular weight excluding hydrogens is 368 g/mol. The minimum atomic E-state index is -0.516. The van der Waals surface area contributed by atoms with Crippen LogP contribution < -0.4 is 5.32 Å². The average molecular weight is 384 g/mol. The molecule has 0 aliphatic rings. The smallest absolute Gasteiger partial charge is 0.284 e. The Morgan fingerprint density at radius 3 is 2.81 bits per heavy atom. The largest absolute Gasteiger partial charge is 0.346 e. The average Bonchev–Trinajstić information content (AvgIpc) is 3.04. The lowest BCUT2D eigenvalue weighted by atomic mass is 10.2. The van der Waals surface area contributed by atoms with Gasteiger partial charge in [-0.2, -0.15) is 0 Å². The molecule has 0 saturated carbocycles. The number of rotatable bonds is 6. The van der Waals surface area contributed by atoms with Gasteiger partial charge in [0.15, 0.2) is 5.16 Å². The Morgan fingerprint density at radius 1 is 1.33 bits per heavy atom. The van der Waals surface area contributed by atoms with Crippen molar-refractivity contribution in [2.75, 3.05) is 0 Å². The molecule has 0 aliphatic heterocycles. The van der Waals surface area contributed by atoms with Gasteiger partial charge in [-0.15, -0.1) is 10.2 Å². The molecule has 0 bridgehead atoms. The number of hydrogen-bond acceptors (Lipinski definition) is 7. The van der Waals surface area contributed by atoms with Gasteiger partial charge in [-0.25, -0.2) is 0 Å². The number of hydrogen-bond donors (Lipinski definition) is 1. The lowest BCUT2D eigenvalue weighted by Gasteiger charge is -2.07. The number of nitro benzene ring substituents is 1. The first-order valence-electron chi connectivity index (χ1n) is 7.95. The van der Waals surface area contributed by atoms with E-state index in [-0.39, 0.29) is 17.8 Å². The second kappa shape index (κ2) is 7.96. The minimum Gasteiger partial charge on any atom is -0.346 e. The zero-order valence-corrected chi connectivity index (χ0v) is 15.4. The van der Waals surface area contributed by atoms with E-state index >= 15 is 0 Å². The van der Waals surface area contributed by atoms with Crippen molar-refractivity contribution >= 4 is 23.4 Å². The molecule has 0 radical (unpaired) electrons. The predicted octanol–water partition coefficient (Wildman–Crippen LogP) is 2.51. The third kappa shape index (κ3) is 4.47. The van der Waals surface area contributed by atoms with E-state index in [1.165, 1.54) is 18.5 Å². The number of carbonyl (C=O) groups excluding carboxylic acids is 1. The van der Waals surface area contributed by atoms with Crippen LogP contribution in [-0.2, 0) is 13.6 Å². The van der Waals surface area contributed by atoms with E-state index in [1.807, 2.05) is 19.1 Å². The lowest BCUT2D eigenvalue weighted by Crippen LogP contribution is -2.23. The van der Waals surface area contributed by atoms with Gasteiger partial charge < -0.3 is 9.88 Å². The molecule has 1 aromatic carbocycles. The van der Waals surface area contributed by atoms with Crippen LogP contribution in [0.3, 0.4) is 0 Å². The minimum absolute atomic E-state index is 0.163. The van der Waals surface area contributed by atoms with Crippen LogP contribution in [-0.4, -0.2) is 30.6 Å². The summed E-state index contributed by atoms with van der Waals surface area (Å²) in [6, 6.07) is 9.87. The topological polar surface area (TPSA) is 116 Å². The molecule has 0 atom stereocenters. The van der Waals surface area contributed by atoms with Crippen molar-refractivity contribution in [1.82, 2.24) is 25.1 Å². The highest BCUT2D eigenvalue weighted by Crippen LogP contribution is 2.34. The molecule has 0 unspecified atom stereocenters. The highest BCUT2D eigenvalue weighted by atomic mass is 32.2. The maximum Gasteiger partial charge on any atom is 0.284 e. The number of aryl methyl sites for hydroxylation is 2. The molecular formula is C17H16N6O3S. The number of carbonyl (C=O) groups is 1. The zero-order valence-electron chi connectivity index (χ0n) is 14.6. The number of nitrogens with one attached hydrogen (secondary N) is 1. The van der Waals surface area contributed by atoms with Gasteiger partial charge >= 0.3 is 0 Å². The Bertz CT molecular complexity index is 1000. The second-order valence-corrected chi connectivity index (χ2v) is 6.73. The standard InChI is InChI=1S/C17H16N6O3S/c1-11-4-3-5-13(20-11)9-18-16(24)12-6-7-15(14(8-12)23(25)26)27-17-21-19-10-22(17)2/h3-8,10H,9H2,1-2H3,(H,18,24). The highest BCUT2D eigenvalue weighted by Gasteiger charge is 2.20. The van der Waals surface area contributed by atoms with E-state index in [9.17, 15) is 14.9 Å². The van der Waals surface area contributed by atoms with Crippen molar-refractivity contribution in [1.29, 1.82) is 0 Å². The fourth-order valence-corrected chi connectivity index (χ4v) is 3.17. The molecule has 3 aromatic rings. The summed E-state index contributed by atoms with van der Waals surface area (Å²) < 4.78 is 1.66. The Balaban J connectivity index is 1.77. The summed E-state index contributed by atoms with van der Waals surface area (Å²) in [6.07, 6.45) is 1.51. The fraction of sp³-hybridized carbons (Fsp3) is 0.176. The van der Waals surface area contributed by atoms with E-state index in [0.29, 0.717) is 15.7 Å². The quantitative estimate of drug-likeness (QED) is 0.513. The molecule has 0 aliphatic carbocycles. The van der Waals surface area contributed by atoms with Crippen molar-refractivity contribution in [3.63, 3.8) is 0 Å². The van der Waals surface area contributed by atoms with Crippen molar-refractivity contribution in [2.24, 2.45) is 7.05 Å². The van der Waals surface area contributed by atoms with E-state index < -0.39 is 10.8 Å². The molecule has 9 nitrogen and oxygen atoms in total. The number of benzene rings is 1. The van der Waals surface area contributed by atoms with Crippen LogP contribution in [0.1, 0.15) is 21.7 Å². The Kier molecular flexibility index (Phi) is 5.46. The van der Waals surface area contributed by atoms with Crippen molar-refractivity contribution < 1.29 is 9.72 Å². The summed E-state index contributed by atoms with van der Waals surface area (Å²) in [7, 11) is 1.75. The zero-order chi connectivity index (χ0) is 19.4. The molecule has 0 fully saturated rings. The maximum absolute atomic E-state index is 12.4. The van der Waals surface area contributed by atoms with Crippen molar-refractivity contribution in [2.45, 2.75) is 23.5 Å². The van der Waals surface area contributed by atoms with Gasteiger partial charge in [-0.05, 0) is 43.0 Å². The Labute approximate surface area is 159 Å². The second-order valence-electron chi connectivity index (χ2n) is 5.72. The number of nitrogens with zero attached hydrogens (tertiary/aromatic N) is 5. The van der Waals surface area contributed by atoms with Gasteiger partial charge in [0, 0.05) is 24.4 Å². The number of pyridine rings is 1. The molecule has 10 heteroatoms. The van der Waals surface area contributed by atoms with E-state index in [4.69, 9.17) is 0 Å². The van der Waals surface area contributed by atoms with Gasteiger partial charge in [0.05, 0.1) is 22.1 Å². The van der Waals surface area contributed by atoms with E-state index in [2.05, 4.69) is 20.5 Å². The molecule has 1 amide bonds. The van der Waals surface area contributed by atoms with Gasteiger partial charge in [0.2, 0.25) is 0 Å². The molecule has 0 saturated heterocycles. The molecule has 3 rings (SSSR count). The monoisotopic (exact) mass is 384 g/mol. The van der Waals surface area contributed by atoms with Gasteiger partial charge in [-0.3, -0.25) is 19.9 Å². The highest BCUT2D eigenvalue weighted by molar-refractivity contribution is 7.99. The van der Waals surface area contributed by atoms with Crippen LogP contribution in [0, 0.1) is 17.0 Å². The van der Waals surface area contributed by atoms with Crippen LogP contribution in [0.5, 0.6) is 0 Å². The van der Waals surface area contributed by atoms with Gasteiger partial charge in [-0.1, -0.05) is 6.07 Å². The van der Waals surface area contributed by atoms with Crippen molar-refractivity contribution in [3.05, 3.63) is 69.8 Å². The summed E-state index contributed by atoms with van der Waals surface area (Å²) in [4.78, 5) is 28.0. The summed E-state index contributed by atoms with van der Waals surface area (Å²) >= 11 is 1.11. The molecule has 2 heterocycles. The van der Waals surface area contributed by atoms with E-state index in [1.54, 1.807) is 23.7 Å². The normalized spacial score (nSPS) is 10.6. The van der Waals surface area contributed by atoms with Gasteiger partial charge in [0.1, 0.15) is 6.33 Å². The maximum atomic E-state index is 12.4. The SMILES string of the molecule is Cc1cccc(CNC(=O)c2ccc(Sc3nncn3C)c([N+](=O)[O-])c2)n1. The summed E-state index contributed by atoms with van der Waals surface area (Å²) in [6.45, 7) is 2.10. The summed E-state index contributed by atoms with van der Waals surface area (Å²) in [5, 5.41) is 22.3. The molecule has 27 heavy (non-hydrogen) atoms. The lowest BCUT2D eigenvalue weighted by molar-refractivity contribution is -0.387. The third-order valence-electron chi connectivity index (χ3n) is 3.66. The van der Waals surface area contributed by atoms with Crippen LogP contribution in [0.25, 0.3) is 0 Å². The van der Waals surface area contributed by atoms with Crippen LogP contribution in [0.15, 0.2) is 52.8 Å². The first kappa shape index (κ1) is 18.5. The van der Waals surface area contributed by atoms with Gasteiger partial charge in [0.25, 0.3) is 11.6 Å². The molecule has 1 N–H and O–H groups in total. The van der Waals surface area contributed by atoms with Crippen molar-refractivity contribution in [3.8, 4) is 0 Å². The third-order valence-corrected chi connectivity index (χ3v) is 4.78. The fourth-order valence-electron chi connectivity index (χ4n) is 2.32. The molecule has 138 valence electrons. The number of nitro groups is 1. The first-order valence-corrected chi connectivity index (χ1v) is 8.76. The van der Waals surface area contributed by atoms with E-state index in [0.717, 1.165) is 17.5 Å². The molecule has 0 spiro atoms. The predicted molar refractivity (Wildman–Crippen MR) is 98.4 cm³/mol. The Hall–Kier alpha value is -3.27. The first-order chi connectivity index (χ1) is 12.9. The summed E-state index contributed by atoms with van der Waals surface area (Å²) in [5.41, 5.74) is 1.61. The van der Waals surface area contributed by atoms with Crippen LogP contribution in [0.4, 0.5) is 5.69 Å². The Morgan fingerprint density at radius 2 is 2.15 bits per heavy atom. The number of amides is 1. The summed E-state index contributed by atoms with van der Waals surface area (Å²) in [5.74, 6) is -0.406. The van der Waals surface area contributed by atoms with Crippen LogP contribution in [0.2, 0.25) is 0 Å². The number of aromatic nitrogens is 4. The molecule has 2 aromatic heterocycles. The van der Waals surface area contributed by atoms with Crippen LogP contribution >= 0.6 is 11.8 Å².